The van der Waals surface area contributed by atoms with Gasteiger partial charge in [0.2, 0.25) is 5.91 Å². The molecular formula is C38H51N3O5. The summed E-state index contributed by atoms with van der Waals surface area (Å²) in [5, 5.41) is 5.91. The van der Waals surface area contributed by atoms with Crippen molar-refractivity contribution in [1.82, 2.24) is 10.2 Å². The van der Waals surface area contributed by atoms with Crippen molar-refractivity contribution in [2.24, 2.45) is 5.92 Å². The first-order valence-electron chi connectivity index (χ1n) is 16.1. The molecule has 46 heavy (non-hydrogen) atoms. The minimum Gasteiger partial charge on any atom is -0.497 e. The second-order valence-corrected chi connectivity index (χ2v) is 13.4. The third-order valence-electron chi connectivity index (χ3n) is 7.99. The fraction of sp³-hybridized carbons (Fsp3) is 0.447. The van der Waals surface area contributed by atoms with Crippen LogP contribution in [0.1, 0.15) is 82.7 Å². The van der Waals surface area contributed by atoms with Gasteiger partial charge in [-0.1, -0.05) is 62.4 Å². The number of amides is 3. The first kappa shape index (κ1) is 36.1. The van der Waals surface area contributed by atoms with E-state index in [9.17, 15) is 14.4 Å². The number of hydrogen-bond donors (Lipinski definition) is 2. The third-order valence-corrected chi connectivity index (χ3v) is 7.99. The van der Waals surface area contributed by atoms with Gasteiger partial charge in [0, 0.05) is 18.2 Å². The topological polar surface area (TPSA) is 97.0 Å². The van der Waals surface area contributed by atoms with Gasteiger partial charge in [0.1, 0.15) is 23.4 Å². The molecule has 3 rings (SSSR count). The van der Waals surface area contributed by atoms with E-state index in [0.717, 1.165) is 28.7 Å². The van der Waals surface area contributed by atoms with Crippen molar-refractivity contribution in [1.29, 1.82) is 0 Å². The summed E-state index contributed by atoms with van der Waals surface area (Å²) in [5.74, 6) is 0.355. The van der Waals surface area contributed by atoms with Crippen LogP contribution in [0, 0.1) is 19.8 Å². The molecule has 0 aliphatic carbocycles. The predicted octanol–water partition coefficient (Wildman–Crippen LogP) is 7.78. The smallest absolute Gasteiger partial charge is 0.408 e. The van der Waals surface area contributed by atoms with E-state index >= 15 is 0 Å². The lowest BCUT2D eigenvalue weighted by atomic mass is 9.92. The number of methoxy groups -OCH3 is 1. The van der Waals surface area contributed by atoms with Gasteiger partial charge in [0.05, 0.1) is 7.11 Å². The number of carbonyl (C=O) groups is 3. The first-order valence-corrected chi connectivity index (χ1v) is 16.1. The number of hydrogen-bond acceptors (Lipinski definition) is 5. The van der Waals surface area contributed by atoms with Crippen molar-refractivity contribution in [3.8, 4) is 5.75 Å². The summed E-state index contributed by atoms with van der Waals surface area (Å²) >= 11 is 0. The summed E-state index contributed by atoms with van der Waals surface area (Å²) in [6.45, 7) is 15.6. The molecule has 8 heteroatoms. The minimum atomic E-state index is -0.986. The average molecular weight is 630 g/mol. The molecule has 3 atom stereocenters. The maximum Gasteiger partial charge on any atom is 0.408 e. The molecular weight excluding hydrogens is 578 g/mol. The van der Waals surface area contributed by atoms with E-state index in [0.29, 0.717) is 23.8 Å². The largest absolute Gasteiger partial charge is 0.497 e. The molecule has 8 nitrogen and oxygen atoms in total. The maximum absolute atomic E-state index is 14.9. The molecule has 0 bridgehead atoms. The Morgan fingerprint density at radius 2 is 1.50 bits per heavy atom. The SMILES string of the molecule is COc1ccc(NC(=O)C(c2cccc(C)c2C)N(C(=O)C(Cc2ccccc2)NC(=O)OC(C)(C)C)C(C)CCC(C)C)cc1. The number of carbonyl (C=O) groups excluding carboxylic acids is 3. The van der Waals surface area contributed by atoms with Crippen LogP contribution in [0.25, 0.3) is 0 Å². The highest BCUT2D eigenvalue weighted by Gasteiger charge is 2.39. The van der Waals surface area contributed by atoms with Gasteiger partial charge >= 0.3 is 6.09 Å². The van der Waals surface area contributed by atoms with Crippen LogP contribution in [0.4, 0.5) is 10.5 Å². The van der Waals surface area contributed by atoms with E-state index in [2.05, 4.69) is 24.5 Å². The zero-order valence-electron chi connectivity index (χ0n) is 28.8. The summed E-state index contributed by atoms with van der Waals surface area (Å²) in [6, 6.07) is 20.1. The molecule has 3 unspecified atom stereocenters. The molecule has 3 aromatic carbocycles. The fourth-order valence-corrected chi connectivity index (χ4v) is 5.36. The second-order valence-electron chi connectivity index (χ2n) is 13.4. The van der Waals surface area contributed by atoms with Gasteiger partial charge in [-0.15, -0.1) is 0 Å². The first-order chi connectivity index (χ1) is 21.7. The molecule has 0 fully saturated rings. The van der Waals surface area contributed by atoms with Gasteiger partial charge in [-0.25, -0.2) is 4.79 Å². The van der Waals surface area contributed by atoms with Gasteiger partial charge < -0.3 is 25.0 Å². The Hall–Kier alpha value is -4.33. The molecule has 2 N–H and O–H groups in total. The zero-order chi connectivity index (χ0) is 34.0. The Balaban J connectivity index is 2.16. The van der Waals surface area contributed by atoms with E-state index in [4.69, 9.17) is 9.47 Å². The molecule has 248 valence electrons. The van der Waals surface area contributed by atoms with Crippen LogP contribution < -0.4 is 15.4 Å². The Kier molecular flexibility index (Phi) is 12.8. The van der Waals surface area contributed by atoms with E-state index in [1.807, 2.05) is 69.3 Å². The number of nitrogens with zero attached hydrogens (tertiary/aromatic N) is 1. The van der Waals surface area contributed by atoms with Crippen molar-refractivity contribution in [2.45, 2.75) is 98.4 Å². The molecule has 0 aliphatic heterocycles. The zero-order valence-corrected chi connectivity index (χ0v) is 28.8. The summed E-state index contributed by atoms with van der Waals surface area (Å²) in [4.78, 5) is 44.2. The van der Waals surface area contributed by atoms with Crippen molar-refractivity contribution >= 4 is 23.6 Å². The van der Waals surface area contributed by atoms with Crippen LogP contribution in [0.15, 0.2) is 72.8 Å². The van der Waals surface area contributed by atoms with Crippen LogP contribution in [0.5, 0.6) is 5.75 Å². The molecule has 0 aliphatic rings. The standard InChI is InChI=1S/C38H51N3O5/c1-25(2)18-19-27(4)41(36(43)33(24-29-15-11-10-12-16-29)40-37(44)46-38(6,7)8)34(32-17-13-14-26(3)28(32)5)35(42)39-30-20-22-31(45-9)23-21-30/h10-17,20-23,25,27,33-34H,18-19,24H2,1-9H3,(H,39,42)(H,40,44). The lowest BCUT2D eigenvalue weighted by molar-refractivity contribution is -0.143. The monoisotopic (exact) mass is 629 g/mol. The Labute approximate surface area is 274 Å². The van der Waals surface area contributed by atoms with Crippen LogP contribution in [-0.4, -0.2) is 47.6 Å². The predicted molar refractivity (Wildman–Crippen MR) is 184 cm³/mol. The highest BCUT2D eigenvalue weighted by atomic mass is 16.6. The summed E-state index contributed by atoms with van der Waals surface area (Å²) in [6.07, 6.45) is 1.06. The van der Waals surface area contributed by atoms with Crippen LogP contribution in [0.3, 0.4) is 0 Å². The molecule has 3 aromatic rings. The summed E-state index contributed by atoms with van der Waals surface area (Å²) < 4.78 is 10.9. The van der Waals surface area contributed by atoms with Crippen LogP contribution in [0.2, 0.25) is 0 Å². The quantitative estimate of drug-likeness (QED) is 0.201. The lowest BCUT2D eigenvalue weighted by Gasteiger charge is -2.39. The molecule has 0 radical (unpaired) electrons. The van der Waals surface area contributed by atoms with Crippen LogP contribution >= 0.6 is 0 Å². The van der Waals surface area contributed by atoms with E-state index in [-0.39, 0.29) is 24.3 Å². The fourth-order valence-electron chi connectivity index (χ4n) is 5.36. The number of ether oxygens (including phenoxy) is 2. The lowest BCUT2D eigenvalue weighted by Crippen LogP contribution is -2.55. The van der Waals surface area contributed by atoms with E-state index in [1.54, 1.807) is 57.0 Å². The van der Waals surface area contributed by atoms with Gasteiger partial charge in [-0.2, -0.15) is 0 Å². The van der Waals surface area contributed by atoms with Gasteiger partial charge in [0.25, 0.3) is 5.91 Å². The second kappa shape index (κ2) is 16.3. The minimum absolute atomic E-state index is 0.228. The number of anilines is 1. The maximum atomic E-state index is 14.9. The molecule has 0 aromatic heterocycles. The number of alkyl carbamates (subject to hydrolysis) is 1. The molecule has 0 saturated carbocycles. The number of benzene rings is 3. The normalized spacial score (nSPS) is 13.3. The van der Waals surface area contributed by atoms with Gasteiger partial charge in [-0.05, 0) is 107 Å². The molecule has 0 spiro atoms. The molecule has 0 saturated heterocycles. The third kappa shape index (κ3) is 10.4. The van der Waals surface area contributed by atoms with Crippen molar-refractivity contribution in [3.63, 3.8) is 0 Å². The van der Waals surface area contributed by atoms with Crippen LogP contribution in [-0.2, 0) is 20.7 Å². The van der Waals surface area contributed by atoms with Crippen molar-refractivity contribution in [3.05, 3.63) is 95.1 Å². The highest BCUT2D eigenvalue weighted by Crippen LogP contribution is 2.32. The Bertz CT molecular complexity index is 1450. The van der Waals surface area contributed by atoms with Crippen molar-refractivity contribution < 1.29 is 23.9 Å². The Morgan fingerprint density at radius 3 is 2.09 bits per heavy atom. The average Bonchev–Trinajstić information content (AvgIpc) is 2.99. The molecule has 0 heterocycles. The van der Waals surface area contributed by atoms with Gasteiger partial charge in [-0.3, -0.25) is 9.59 Å². The van der Waals surface area contributed by atoms with E-state index < -0.39 is 23.8 Å². The number of aryl methyl sites for hydroxylation is 1. The summed E-state index contributed by atoms with van der Waals surface area (Å²) in [7, 11) is 1.59. The van der Waals surface area contributed by atoms with Gasteiger partial charge in [0.15, 0.2) is 0 Å². The highest BCUT2D eigenvalue weighted by molar-refractivity contribution is 5.99. The van der Waals surface area contributed by atoms with Crippen molar-refractivity contribution in [2.75, 3.05) is 12.4 Å². The molecule has 3 amide bonds. The number of nitrogens with one attached hydrogen (secondary N) is 2. The summed E-state index contributed by atoms with van der Waals surface area (Å²) in [5.41, 5.74) is 3.36. The van der Waals surface area contributed by atoms with E-state index in [1.165, 1.54) is 0 Å². The Morgan fingerprint density at radius 1 is 0.848 bits per heavy atom. The number of rotatable bonds is 13.